The first kappa shape index (κ1) is 16.9. The third kappa shape index (κ3) is 3.74. The molecule has 2 aromatic carbocycles. The monoisotopic (exact) mass is 345 g/mol. The number of nitrogens with one attached hydrogen (secondary N) is 1. The molecule has 0 unspecified atom stereocenters. The Morgan fingerprint density at radius 2 is 1.62 bits per heavy atom. The van der Waals surface area contributed by atoms with Crippen LogP contribution in [0.25, 0.3) is 11.8 Å². The molecule has 1 heterocycles. The molecule has 3 aromatic rings. The molecule has 0 aliphatic carbocycles. The van der Waals surface area contributed by atoms with E-state index >= 15 is 0 Å². The van der Waals surface area contributed by atoms with Gasteiger partial charge in [0, 0.05) is 23.3 Å². The van der Waals surface area contributed by atoms with Gasteiger partial charge in [0.15, 0.2) is 0 Å². The Balaban J connectivity index is 1.87. The third-order valence-corrected chi connectivity index (χ3v) is 3.69. The van der Waals surface area contributed by atoms with Gasteiger partial charge in [-0.1, -0.05) is 0 Å². The van der Waals surface area contributed by atoms with Crippen LogP contribution in [0.1, 0.15) is 5.69 Å². The van der Waals surface area contributed by atoms with Crippen molar-refractivity contribution in [3.63, 3.8) is 0 Å². The number of rotatable bonds is 4. The number of benzene rings is 2. The van der Waals surface area contributed by atoms with Crippen molar-refractivity contribution in [2.24, 2.45) is 0 Å². The van der Waals surface area contributed by atoms with Crippen LogP contribution in [0.5, 0.6) is 11.5 Å². The van der Waals surface area contributed by atoms with E-state index in [1.807, 2.05) is 6.07 Å². The van der Waals surface area contributed by atoms with Crippen LogP contribution in [0.15, 0.2) is 72.4 Å². The van der Waals surface area contributed by atoms with Gasteiger partial charge >= 0.3 is 0 Å². The summed E-state index contributed by atoms with van der Waals surface area (Å²) in [6.07, 6.45) is 3.29. The number of amides is 1. The van der Waals surface area contributed by atoms with Crippen molar-refractivity contribution < 1.29 is 15.0 Å². The number of hydrogen-bond acceptors (Lipinski definition) is 4. The standard InChI is InChI=1S/C20H15N3O3/c21-13-14(20(26)22-15-3-7-18(24)8-4-15)12-17-2-1-11-23(17)16-5-9-19(25)10-6-16/h1-12,24-25H,(H,22,26). The lowest BCUT2D eigenvalue weighted by Gasteiger charge is -2.08. The van der Waals surface area contributed by atoms with Gasteiger partial charge in [-0.05, 0) is 66.7 Å². The number of hydrogen-bond donors (Lipinski definition) is 3. The Kier molecular flexibility index (Phi) is 4.72. The summed E-state index contributed by atoms with van der Waals surface area (Å²) in [6.45, 7) is 0. The van der Waals surface area contributed by atoms with E-state index in [1.54, 1.807) is 59.3 Å². The van der Waals surface area contributed by atoms with Gasteiger partial charge in [-0.3, -0.25) is 4.79 Å². The first-order valence-corrected chi connectivity index (χ1v) is 7.76. The molecular weight excluding hydrogens is 330 g/mol. The molecule has 0 atom stereocenters. The molecule has 0 saturated heterocycles. The van der Waals surface area contributed by atoms with Gasteiger partial charge in [0.1, 0.15) is 23.1 Å². The molecule has 26 heavy (non-hydrogen) atoms. The number of phenols is 2. The van der Waals surface area contributed by atoms with Gasteiger partial charge in [0.05, 0.1) is 0 Å². The third-order valence-electron chi connectivity index (χ3n) is 3.69. The summed E-state index contributed by atoms with van der Waals surface area (Å²) in [5.74, 6) is -0.300. The molecule has 6 heteroatoms. The second-order valence-electron chi connectivity index (χ2n) is 5.49. The second-order valence-corrected chi connectivity index (χ2v) is 5.49. The van der Waals surface area contributed by atoms with Crippen LogP contribution in [0.2, 0.25) is 0 Å². The van der Waals surface area contributed by atoms with Crippen LogP contribution in [-0.2, 0) is 4.79 Å². The van der Waals surface area contributed by atoms with Gasteiger partial charge in [0.2, 0.25) is 0 Å². The Morgan fingerprint density at radius 1 is 1.00 bits per heavy atom. The van der Waals surface area contributed by atoms with Crippen LogP contribution in [0.3, 0.4) is 0 Å². The van der Waals surface area contributed by atoms with Crippen molar-refractivity contribution in [3.05, 3.63) is 78.1 Å². The first-order chi connectivity index (χ1) is 12.6. The summed E-state index contributed by atoms with van der Waals surface area (Å²) in [7, 11) is 0. The molecule has 0 spiro atoms. The molecule has 0 saturated carbocycles. The molecular formula is C20H15N3O3. The largest absolute Gasteiger partial charge is 0.508 e. The fourth-order valence-corrected chi connectivity index (χ4v) is 2.40. The molecule has 128 valence electrons. The lowest BCUT2D eigenvalue weighted by atomic mass is 10.2. The molecule has 6 nitrogen and oxygen atoms in total. The predicted molar refractivity (Wildman–Crippen MR) is 97.8 cm³/mol. The number of aromatic hydroxyl groups is 2. The summed E-state index contributed by atoms with van der Waals surface area (Å²) >= 11 is 0. The molecule has 0 aliphatic rings. The summed E-state index contributed by atoms with van der Waals surface area (Å²) in [5, 5.41) is 30.7. The molecule has 0 aliphatic heterocycles. The molecule has 0 fully saturated rings. The Hall–Kier alpha value is -3.98. The van der Waals surface area contributed by atoms with Crippen LogP contribution in [0, 0.1) is 11.3 Å². The highest BCUT2D eigenvalue weighted by Crippen LogP contribution is 2.19. The second kappa shape index (κ2) is 7.28. The fraction of sp³-hybridized carbons (Fsp3) is 0. The number of carbonyl (C=O) groups excluding carboxylic acids is 1. The quantitative estimate of drug-likeness (QED) is 0.383. The molecule has 0 radical (unpaired) electrons. The number of aromatic nitrogens is 1. The van der Waals surface area contributed by atoms with Gasteiger partial charge in [-0.15, -0.1) is 0 Å². The van der Waals surface area contributed by atoms with Crippen LogP contribution in [-0.4, -0.2) is 20.7 Å². The summed E-state index contributed by atoms with van der Waals surface area (Å²) in [4.78, 5) is 12.3. The molecule has 1 amide bonds. The average Bonchev–Trinajstić information content (AvgIpc) is 3.10. The molecule has 1 aromatic heterocycles. The van der Waals surface area contributed by atoms with E-state index in [1.165, 1.54) is 18.2 Å². The van der Waals surface area contributed by atoms with Crippen molar-refractivity contribution in [1.82, 2.24) is 4.57 Å². The zero-order chi connectivity index (χ0) is 18.5. The van der Waals surface area contributed by atoms with E-state index in [9.17, 15) is 20.3 Å². The van der Waals surface area contributed by atoms with Crippen LogP contribution < -0.4 is 5.32 Å². The van der Waals surface area contributed by atoms with Gasteiger partial charge in [-0.25, -0.2) is 0 Å². The van der Waals surface area contributed by atoms with Crippen molar-refractivity contribution in [3.8, 4) is 23.3 Å². The lowest BCUT2D eigenvalue weighted by molar-refractivity contribution is -0.112. The number of nitrogens with zero attached hydrogens (tertiary/aromatic N) is 2. The van der Waals surface area contributed by atoms with Gasteiger partial charge < -0.3 is 20.1 Å². The Labute approximate surface area is 149 Å². The van der Waals surface area contributed by atoms with Crippen molar-refractivity contribution >= 4 is 17.7 Å². The molecule has 3 N–H and O–H groups in total. The molecule has 0 bridgehead atoms. The maximum absolute atomic E-state index is 12.3. The van der Waals surface area contributed by atoms with E-state index in [0.29, 0.717) is 11.4 Å². The minimum Gasteiger partial charge on any atom is -0.508 e. The Bertz CT molecular complexity index is 994. The minimum atomic E-state index is -0.545. The van der Waals surface area contributed by atoms with Gasteiger partial charge in [0.25, 0.3) is 5.91 Å². The normalized spacial score (nSPS) is 11.0. The highest BCUT2D eigenvalue weighted by Gasteiger charge is 2.11. The summed E-state index contributed by atoms with van der Waals surface area (Å²) < 4.78 is 1.80. The summed E-state index contributed by atoms with van der Waals surface area (Å²) in [6, 6.07) is 18.0. The fourth-order valence-electron chi connectivity index (χ4n) is 2.40. The molecule has 3 rings (SSSR count). The SMILES string of the molecule is N#CC(=Cc1cccn1-c1ccc(O)cc1)C(=O)Nc1ccc(O)cc1. The number of nitriles is 1. The van der Waals surface area contributed by atoms with Gasteiger partial charge in [-0.2, -0.15) is 5.26 Å². The van der Waals surface area contributed by atoms with Crippen LogP contribution in [0.4, 0.5) is 5.69 Å². The van der Waals surface area contributed by atoms with Crippen LogP contribution >= 0.6 is 0 Å². The van der Waals surface area contributed by atoms with E-state index < -0.39 is 5.91 Å². The van der Waals surface area contributed by atoms with E-state index in [4.69, 9.17) is 0 Å². The smallest absolute Gasteiger partial charge is 0.266 e. The highest BCUT2D eigenvalue weighted by atomic mass is 16.3. The maximum Gasteiger partial charge on any atom is 0.266 e. The average molecular weight is 345 g/mol. The Morgan fingerprint density at radius 3 is 2.23 bits per heavy atom. The van der Waals surface area contributed by atoms with Crippen molar-refractivity contribution in [2.75, 3.05) is 5.32 Å². The van der Waals surface area contributed by atoms with Crippen molar-refractivity contribution in [2.45, 2.75) is 0 Å². The topological polar surface area (TPSA) is 98.3 Å². The van der Waals surface area contributed by atoms with E-state index in [0.717, 1.165) is 5.69 Å². The number of phenolic OH excluding ortho intramolecular Hbond substituents is 2. The lowest BCUT2D eigenvalue weighted by Crippen LogP contribution is -2.13. The summed E-state index contributed by atoms with van der Waals surface area (Å²) in [5.41, 5.74) is 1.85. The first-order valence-electron chi connectivity index (χ1n) is 7.76. The highest BCUT2D eigenvalue weighted by molar-refractivity contribution is 6.09. The number of carbonyl (C=O) groups is 1. The van der Waals surface area contributed by atoms with E-state index in [-0.39, 0.29) is 17.1 Å². The predicted octanol–water partition coefficient (Wildman–Crippen LogP) is 3.43. The zero-order valence-electron chi connectivity index (χ0n) is 13.6. The number of anilines is 1. The van der Waals surface area contributed by atoms with Crippen molar-refractivity contribution in [1.29, 1.82) is 5.26 Å². The van der Waals surface area contributed by atoms with E-state index in [2.05, 4.69) is 5.32 Å². The zero-order valence-corrected chi connectivity index (χ0v) is 13.6. The minimum absolute atomic E-state index is 0.0585. The maximum atomic E-state index is 12.3.